The monoisotopic (exact) mass is 375 g/mol. The summed E-state index contributed by atoms with van der Waals surface area (Å²) < 4.78 is 26.7. The number of hydrogen-bond acceptors (Lipinski definition) is 5. The van der Waals surface area contributed by atoms with Crippen LogP contribution in [0, 0.1) is 0 Å². The normalized spacial score (nSPS) is 11.6. The Labute approximate surface area is 150 Å². The van der Waals surface area contributed by atoms with Gasteiger partial charge in [0.05, 0.1) is 23.0 Å². The number of fused-ring (bicyclic) bond motifs is 1. The van der Waals surface area contributed by atoms with E-state index in [-0.39, 0.29) is 11.5 Å². The summed E-state index contributed by atoms with van der Waals surface area (Å²) in [7, 11) is -1.40. The molecule has 0 aliphatic carbocycles. The average molecular weight is 375 g/mol. The van der Waals surface area contributed by atoms with Crippen LogP contribution in [-0.4, -0.2) is 35.8 Å². The summed E-state index contributed by atoms with van der Waals surface area (Å²) in [5, 5.41) is 0.782. The van der Waals surface area contributed by atoms with E-state index in [1.54, 1.807) is 24.3 Å². The van der Waals surface area contributed by atoms with Crippen molar-refractivity contribution in [2.75, 3.05) is 16.7 Å². The number of thioether (sulfide) groups is 1. The molecular weight excluding hydrogens is 358 g/mol. The minimum absolute atomic E-state index is 0.0389. The molecule has 1 heterocycles. The van der Waals surface area contributed by atoms with Gasteiger partial charge in [0.25, 0.3) is 0 Å². The van der Waals surface area contributed by atoms with Crippen LogP contribution in [0.15, 0.2) is 53.7 Å². The largest absolute Gasteiger partial charge is 0.322 e. The fraction of sp³-hybridized carbons (Fsp3) is 0.176. The standard InChI is InChI=1S/C17H17N3O3S2/c1-20-15-6-4-3-5-14(15)18-17(20)24-11-16(21)12-7-9-13(10-8-12)19-25(2,22)23/h3-10,19H,11H2,1-2H3. The molecule has 0 radical (unpaired) electrons. The van der Waals surface area contributed by atoms with E-state index in [0.29, 0.717) is 11.3 Å². The van der Waals surface area contributed by atoms with E-state index in [1.807, 2.05) is 35.9 Å². The van der Waals surface area contributed by atoms with Crippen molar-refractivity contribution in [1.82, 2.24) is 9.55 Å². The molecule has 1 N–H and O–H groups in total. The molecule has 25 heavy (non-hydrogen) atoms. The second-order valence-electron chi connectivity index (χ2n) is 5.61. The molecule has 0 saturated heterocycles. The van der Waals surface area contributed by atoms with Crippen LogP contribution in [-0.2, 0) is 17.1 Å². The molecule has 3 rings (SSSR count). The van der Waals surface area contributed by atoms with Gasteiger partial charge < -0.3 is 4.57 Å². The van der Waals surface area contributed by atoms with Crippen LogP contribution in [0.1, 0.15) is 10.4 Å². The number of aryl methyl sites for hydroxylation is 1. The molecule has 1 aromatic heterocycles. The van der Waals surface area contributed by atoms with E-state index in [0.717, 1.165) is 22.4 Å². The fourth-order valence-corrected chi connectivity index (χ4v) is 3.85. The first kappa shape index (κ1) is 17.5. The molecule has 130 valence electrons. The summed E-state index contributed by atoms with van der Waals surface area (Å²) in [5.74, 6) is 0.221. The molecule has 6 nitrogen and oxygen atoms in total. The molecular formula is C17H17N3O3S2. The van der Waals surface area contributed by atoms with E-state index >= 15 is 0 Å². The van der Waals surface area contributed by atoms with Gasteiger partial charge in [-0.1, -0.05) is 23.9 Å². The van der Waals surface area contributed by atoms with Crippen LogP contribution in [0.2, 0.25) is 0 Å². The third kappa shape index (κ3) is 4.21. The summed E-state index contributed by atoms with van der Waals surface area (Å²) in [6, 6.07) is 14.2. The van der Waals surface area contributed by atoms with E-state index in [9.17, 15) is 13.2 Å². The van der Waals surface area contributed by atoms with Crippen molar-refractivity contribution in [3.05, 3.63) is 54.1 Å². The first-order valence-corrected chi connectivity index (χ1v) is 10.4. The second-order valence-corrected chi connectivity index (χ2v) is 8.30. The van der Waals surface area contributed by atoms with Gasteiger partial charge in [0, 0.05) is 18.3 Å². The van der Waals surface area contributed by atoms with E-state index in [4.69, 9.17) is 0 Å². The Morgan fingerprint density at radius 1 is 1.16 bits per heavy atom. The van der Waals surface area contributed by atoms with Crippen LogP contribution in [0.4, 0.5) is 5.69 Å². The minimum Gasteiger partial charge on any atom is -0.322 e. The number of anilines is 1. The minimum atomic E-state index is -3.32. The Hall–Kier alpha value is -2.32. The van der Waals surface area contributed by atoms with Crippen LogP contribution in [0.5, 0.6) is 0 Å². The molecule has 8 heteroatoms. The van der Waals surface area contributed by atoms with E-state index < -0.39 is 10.0 Å². The van der Waals surface area contributed by atoms with E-state index in [1.165, 1.54) is 11.8 Å². The smallest absolute Gasteiger partial charge is 0.229 e. The molecule has 0 atom stereocenters. The maximum Gasteiger partial charge on any atom is 0.229 e. The Balaban J connectivity index is 1.68. The molecule has 0 amide bonds. The lowest BCUT2D eigenvalue weighted by molar-refractivity contribution is 0.102. The number of benzene rings is 2. The lowest BCUT2D eigenvalue weighted by Crippen LogP contribution is -2.10. The molecule has 0 unspecified atom stereocenters. The summed E-state index contributed by atoms with van der Waals surface area (Å²) >= 11 is 1.38. The number of nitrogens with one attached hydrogen (secondary N) is 1. The highest BCUT2D eigenvalue weighted by Gasteiger charge is 2.12. The number of Topliss-reactive ketones (excluding diaryl/α,β-unsaturated/α-hetero) is 1. The highest BCUT2D eigenvalue weighted by molar-refractivity contribution is 7.99. The molecule has 0 saturated carbocycles. The van der Waals surface area contributed by atoms with E-state index in [2.05, 4.69) is 9.71 Å². The molecule has 2 aromatic carbocycles. The number of imidazole rings is 1. The molecule has 0 bridgehead atoms. The first-order chi connectivity index (χ1) is 11.8. The summed E-state index contributed by atoms with van der Waals surface area (Å²) in [5.41, 5.74) is 2.89. The number of carbonyl (C=O) groups is 1. The summed E-state index contributed by atoms with van der Waals surface area (Å²) in [6.07, 6.45) is 1.08. The predicted molar refractivity (Wildman–Crippen MR) is 101 cm³/mol. The number of sulfonamides is 1. The maximum atomic E-state index is 12.3. The third-order valence-electron chi connectivity index (χ3n) is 3.59. The van der Waals surface area contributed by atoms with Gasteiger partial charge in [0.1, 0.15) is 0 Å². The fourth-order valence-electron chi connectivity index (χ4n) is 2.40. The second kappa shape index (κ2) is 6.89. The van der Waals surface area contributed by atoms with Crippen molar-refractivity contribution in [2.45, 2.75) is 5.16 Å². The highest BCUT2D eigenvalue weighted by Crippen LogP contribution is 2.23. The van der Waals surface area contributed by atoms with Gasteiger partial charge in [-0.2, -0.15) is 0 Å². The van der Waals surface area contributed by atoms with Gasteiger partial charge in [-0.3, -0.25) is 9.52 Å². The molecule has 3 aromatic rings. The van der Waals surface area contributed by atoms with Crippen LogP contribution in [0.25, 0.3) is 11.0 Å². The maximum absolute atomic E-state index is 12.3. The van der Waals surface area contributed by atoms with Crippen molar-refractivity contribution in [3.8, 4) is 0 Å². The number of hydrogen-bond donors (Lipinski definition) is 1. The number of nitrogens with zero attached hydrogens (tertiary/aromatic N) is 2. The zero-order valence-electron chi connectivity index (χ0n) is 13.8. The summed E-state index contributed by atoms with van der Waals surface area (Å²) in [6.45, 7) is 0. The SMILES string of the molecule is Cn1c(SCC(=O)c2ccc(NS(C)(=O)=O)cc2)nc2ccccc21. The number of aromatic nitrogens is 2. The molecule has 0 aliphatic rings. The Bertz CT molecular complexity index is 1020. The number of ketones is 1. The van der Waals surface area contributed by atoms with Gasteiger partial charge in [-0.25, -0.2) is 13.4 Å². The van der Waals surface area contributed by atoms with Crippen LogP contribution >= 0.6 is 11.8 Å². The zero-order valence-corrected chi connectivity index (χ0v) is 15.4. The molecule has 0 aliphatic heterocycles. The van der Waals surface area contributed by atoms with Crippen molar-refractivity contribution in [1.29, 1.82) is 0 Å². The van der Waals surface area contributed by atoms with Gasteiger partial charge in [-0.05, 0) is 36.4 Å². The van der Waals surface area contributed by atoms with Gasteiger partial charge in [-0.15, -0.1) is 0 Å². The lowest BCUT2D eigenvalue weighted by atomic mass is 10.1. The number of carbonyl (C=O) groups excluding carboxylic acids is 1. The predicted octanol–water partition coefficient (Wildman–Crippen LogP) is 2.92. The Morgan fingerprint density at radius 2 is 1.84 bits per heavy atom. The highest BCUT2D eigenvalue weighted by atomic mass is 32.2. The molecule has 0 spiro atoms. The first-order valence-electron chi connectivity index (χ1n) is 7.49. The van der Waals surface area contributed by atoms with Crippen molar-refractivity contribution >= 4 is 44.3 Å². The average Bonchev–Trinajstić information content (AvgIpc) is 2.88. The van der Waals surface area contributed by atoms with Gasteiger partial charge in [0.2, 0.25) is 10.0 Å². The quantitative estimate of drug-likeness (QED) is 0.529. The van der Waals surface area contributed by atoms with Gasteiger partial charge >= 0.3 is 0 Å². The summed E-state index contributed by atoms with van der Waals surface area (Å²) in [4.78, 5) is 16.9. The van der Waals surface area contributed by atoms with Crippen molar-refractivity contribution in [3.63, 3.8) is 0 Å². The van der Waals surface area contributed by atoms with Crippen LogP contribution < -0.4 is 4.72 Å². The Morgan fingerprint density at radius 3 is 2.48 bits per heavy atom. The molecule has 0 fully saturated rings. The number of rotatable bonds is 6. The zero-order chi connectivity index (χ0) is 18.0. The van der Waals surface area contributed by atoms with Gasteiger partial charge in [0.15, 0.2) is 10.9 Å². The van der Waals surface area contributed by atoms with Crippen molar-refractivity contribution in [2.24, 2.45) is 7.05 Å². The number of para-hydroxylation sites is 2. The third-order valence-corrected chi connectivity index (χ3v) is 5.22. The topological polar surface area (TPSA) is 81.1 Å². The lowest BCUT2D eigenvalue weighted by Gasteiger charge is -2.05. The van der Waals surface area contributed by atoms with Crippen LogP contribution in [0.3, 0.4) is 0 Å². The van der Waals surface area contributed by atoms with Crippen molar-refractivity contribution < 1.29 is 13.2 Å². The Kier molecular flexibility index (Phi) is 4.82.